The second-order valence-corrected chi connectivity index (χ2v) is 7.38. The molecule has 0 radical (unpaired) electrons. The molecule has 0 aliphatic carbocycles. The molecule has 1 N–H and O–H groups in total. The summed E-state index contributed by atoms with van der Waals surface area (Å²) in [6.45, 7) is 3.99. The zero-order valence-corrected chi connectivity index (χ0v) is 17.8. The van der Waals surface area contributed by atoms with E-state index in [-0.39, 0.29) is 24.4 Å². The highest BCUT2D eigenvalue weighted by Crippen LogP contribution is 2.25. The number of benzene rings is 3. The molecule has 3 aromatic carbocycles. The lowest BCUT2D eigenvalue weighted by Gasteiger charge is -2.16. The molecule has 0 spiro atoms. The summed E-state index contributed by atoms with van der Waals surface area (Å²) in [5.41, 5.74) is 2.96. The highest BCUT2D eigenvalue weighted by molar-refractivity contribution is 6.31. The number of hydrogen-bond donors (Lipinski definition) is 1. The van der Waals surface area contributed by atoms with Gasteiger partial charge in [-0.25, -0.2) is 4.39 Å². The van der Waals surface area contributed by atoms with Crippen molar-refractivity contribution in [3.63, 3.8) is 0 Å². The maximum Gasteiger partial charge on any atom is 0.251 e. The molecule has 0 aliphatic heterocycles. The molecule has 0 aromatic heterocycles. The Bertz CT molecular complexity index is 1040. The van der Waals surface area contributed by atoms with E-state index in [0.717, 1.165) is 16.7 Å². The third-order valence-corrected chi connectivity index (χ3v) is 5.21. The van der Waals surface area contributed by atoms with Crippen LogP contribution in [0.2, 0.25) is 5.02 Å². The molecule has 1 atom stereocenters. The number of carbonyl (C=O) groups excluding carboxylic acids is 1. The molecule has 0 fully saturated rings. The van der Waals surface area contributed by atoms with Gasteiger partial charge in [-0.15, -0.1) is 0 Å². The van der Waals surface area contributed by atoms with Gasteiger partial charge in [-0.1, -0.05) is 23.7 Å². The van der Waals surface area contributed by atoms with Crippen LogP contribution in [0.5, 0.6) is 11.5 Å². The second-order valence-electron chi connectivity index (χ2n) is 6.97. The molecule has 6 heteroatoms. The van der Waals surface area contributed by atoms with Crippen molar-refractivity contribution in [2.45, 2.75) is 26.5 Å². The van der Waals surface area contributed by atoms with Crippen molar-refractivity contribution in [2.75, 3.05) is 7.11 Å². The van der Waals surface area contributed by atoms with E-state index in [2.05, 4.69) is 5.32 Å². The van der Waals surface area contributed by atoms with Crippen molar-refractivity contribution in [3.8, 4) is 11.5 Å². The molecule has 0 saturated heterocycles. The van der Waals surface area contributed by atoms with Crippen molar-refractivity contribution >= 4 is 17.5 Å². The number of nitrogens with one attached hydrogen (secondary N) is 1. The van der Waals surface area contributed by atoms with E-state index in [1.807, 2.05) is 19.9 Å². The lowest BCUT2D eigenvalue weighted by Crippen LogP contribution is -2.26. The summed E-state index contributed by atoms with van der Waals surface area (Å²) in [6.07, 6.45) is 0. The van der Waals surface area contributed by atoms with Crippen molar-refractivity contribution < 1.29 is 18.7 Å². The van der Waals surface area contributed by atoms with E-state index in [4.69, 9.17) is 21.1 Å². The Kier molecular flexibility index (Phi) is 6.95. The molecular formula is C24H23ClFNO3. The van der Waals surface area contributed by atoms with Crippen LogP contribution in [-0.4, -0.2) is 13.0 Å². The molecule has 156 valence electrons. The summed E-state index contributed by atoms with van der Waals surface area (Å²) in [5.74, 6) is 0.758. The van der Waals surface area contributed by atoms with Gasteiger partial charge in [-0.3, -0.25) is 4.79 Å². The predicted molar refractivity (Wildman–Crippen MR) is 116 cm³/mol. The van der Waals surface area contributed by atoms with Gasteiger partial charge in [0.25, 0.3) is 5.91 Å². The summed E-state index contributed by atoms with van der Waals surface area (Å²) >= 11 is 6.06. The Balaban J connectivity index is 1.73. The average Bonchev–Trinajstić information content (AvgIpc) is 2.74. The van der Waals surface area contributed by atoms with Crippen LogP contribution in [0.15, 0.2) is 60.7 Å². The fourth-order valence-corrected chi connectivity index (χ4v) is 3.13. The summed E-state index contributed by atoms with van der Waals surface area (Å²) in [5, 5.41) is 3.60. The van der Waals surface area contributed by atoms with E-state index in [0.29, 0.717) is 22.1 Å². The Hall–Kier alpha value is -3.05. The molecule has 4 nitrogen and oxygen atoms in total. The summed E-state index contributed by atoms with van der Waals surface area (Å²) < 4.78 is 24.4. The SMILES string of the molecule is COc1ccc(C(=O)N[C@@H](C)c2ccc(F)cc2)cc1COc1ccc(Cl)c(C)c1. The molecule has 0 unspecified atom stereocenters. The number of methoxy groups -OCH3 is 1. The summed E-state index contributed by atoms with van der Waals surface area (Å²) in [6, 6.07) is 16.4. The normalized spacial score (nSPS) is 11.6. The number of hydrogen-bond acceptors (Lipinski definition) is 3. The number of rotatable bonds is 7. The van der Waals surface area contributed by atoms with Crippen molar-refractivity contribution in [1.82, 2.24) is 5.32 Å². The van der Waals surface area contributed by atoms with E-state index in [1.165, 1.54) is 12.1 Å². The van der Waals surface area contributed by atoms with Gasteiger partial charge in [-0.05, 0) is 73.5 Å². The fraction of sp³-hybridized carbons (Fsp3) is 0.208. The first-order valence-corrected chi connectivity index (χ1v) is 9.87. The van der Waals surface area contributed by atoms with Crippen molar-refractivity contribution in [3.05, 3.63) is 93.8 Å². The van der Waals surface area contributed by atoms with Crippen LogP contribution in [0.25, 0.3) is 0 Å². The second kappa shape index (κ2) is 9.63. The molecule has 0 saturated carbocycles. The van der Waals surface area contributed by atoms with Crippen LogP contribution in [0, 0.1) is 12.7 Å². The number of ether oxygens (including phenoxy) is 2. The van der Waals surface area contributed by atoms with Gasteiger partial charge < -0.3 is 14.8 Å². The first-order valence-electron chi connectivity index (χ1n) is 9.49. The van der Waals surface area contributed by atoms with Crippen LogP contribution in [0.1, 0.15) is 40.0 Å². The molecular weight excluding hydrogens is 405 g/mol. The van der Waals surface area contributed by atoms with Gasteiger partial charge in [0.1, 0.15) is 23.9 Å². The highest BCUT2D eigenvalue weighted by Gasteiger charge is 2.14. The lowest BCUT2D eigenvalue weighted by atomic mass is 10.1. The standard InChI is InChI=1S/C24H23ClFNO3/c1-15-12-21(9-10-22(15)25)30-14-19-13-18(6-11-23(19)29-3)24(28)27-16(2)17-4-7-20(26)8-5-17/h4-13,16H,14H2,1-3H3,(H,27,28)/t16-/m0/s1. The van der Waals surface area contributed by atoms with Crippen molar-refractivity contribution in [1.29, 1.82) is 0 Å². The number of carbonyl (C=O) groups is 1. The molecule has 1 amide bonds. The van der Waals surface area contributed by atoms with Gasteiger partial charge in [-0.2, -0.15) is 0 Å². The monoisotopic (exact) mass is 427 g/mol. The Morgan fingerprint density at radius 2 is 1.83 bits per heavy atom. The lowest BCUT2D eigenvalue weighted by molar-refractivity contribution is 0.0939. The number of amides is 1. The van der Waals surface area contributed by atoms with Gasteiger partial charge in [0.2, 0.25) is 0 Å². The largest absolute Gasteiger partial charge is 0.496 e. The molecule has 0 aliphatic rings. The van der Waals surface area contributed by atoms with E-state index in [1.54, 1.807) is 49.6 Å². The van der Waals surface area contributed by atoms with Gasteiger partial charge in [0.05, 0.1) is 13.2 Å². The summed E-state index contributed by atoms with van der Waals surface area (Å²) in [4.78, 5) is 12.7. The highest BCUT2D eigenvalue weighted by atomic mass is 35.5. The van der Waals surface area contributed by atoms with Crippen molar-refractivity contribution in [2.24, 2.45) is 0 Å². The fourth-order valence-electron chi connectivity index (χ4n) is 3.02. The maximum absolute atomic E-state index is 13.1. The van der Waals surface area contributed by atoms with E-state index >= 15 is 0 Å². The van der Waals surface area contributed by atoms with Gasteiger partial charge in [0.15, 0.2) is 0 Å². The van der Waals surface area contributed by atoms with Crippen LogP contribution in [0.4, 0.5) is 4.39 Å². The Labute approximate surface area is 180 Å². The third-order valence-electron chi connectivity index (χ3n) is 4.78. The average molecular weight is 428 g/mol. The molecule has 0 bridgehead atoms. The predicted octanol–water partition coefficient (Wildman–Crippen LogP) is 5.87. The Morgan fingerprint density at radius 1 is 1.10 bits per heavy atom. The molecule has 3 rings (SSSR count). The third kappa shape index (κ3) is 5.30. The van der Waals surface area contributed by atoms with Gasteiger partial charge in [0, 0.05) is 16.1 Å². The first kappa shape index (κ1) is 21.7. The first-order chi connectivity index (χ1) is 14.4. The minimum Gasteiger partial charge on any atom is -0.496 e. The zero-order chi connectivity index (χ0) is 21.7. The van der Waals surface area contributed by atoms with Gasteiger partial charge >= 0.3 is 0 Å². The Morgan fingerprint density at radius 3 is 2.50 bits per heavy atom. The van der Waals surface area contributed by atoms with Crippen LogP contribution in [-0.2, 0) is 6.61 Å². The number of aryl methyl sites for hydroxylation is 1. The van der Waals surface area contributed by atoms with Crippen LogP contribution < -0.4 is 14.8 Å². The smallest absolute Gasteiger partial charge is 0.251 e. The maximum atomic E-state index is 13.1. The van der Waals surface area contributed by atoms with E-state index < -0.39 is 0 Å². The minimum absolute atomic E-state index is 0.235. The molecule has 3 aromatic rings. The zero-order valence-electron chi connectivity index (χ0n) is 17.0. The van der Waals surface area contributed by atoms with Crippen LogP contribution in [0.3, 0.4) is 0 Å². The topological polar surface area (TPSA) is 47.6 Å². The van der Waals surface area contributed by atoms with Crippen LogP contribution >= 0.6 is 11.6 Å². The molecule has 0 heterocycles. The molecule has 30 heavy (non-hydrogen) atoms. The van der Waals surface area contributed by atoms with E-state index in [9.17, 15) is 9.18 Å². The quantitative estimate of drug-likeness (QED) is 0.513. The minimum atomic E-state index is -0.312. The summed E-state index contributed by atoms with van der Waals surface area (Å²) in [7, 11) is 1.57. The number of halogens is 2.